The van der Waals surface area contributed by atoms with Crippen LogP contribution in [0.25, 0.3) is 5.65 Å². The molecule has 37 heavy (non-hydrogen) atoms. The van der Waals surface area contributed by atoms with Crippen LogP contribution in [0.3, 0.4) is 0 Å². The number of nitrogens with zero attached hydrogens (tertiary/aromatic N) is 4. The first-order chi connectivity index (χ1) is 17.5. The molecule has 1 fully saturated rings. The van der Waals surface area contributed by atoms with E-state index in [0.29, 0.717) is 47.7 Å². The summed E-state index contributed by atoms with van der Waals surface area (Å²) in [6, 6.07) is 8.80. The molecule has 202 valence electrons. The topological polar surface area (TPSA) is 104 Å². The zero-order chi connectivity index (χ0) is 25.5. The molecule has 10 heteroatoms. The predicted molar refractivity (Wildman–Crippen MR) is 143 cm³/mol. The molecule has 2 aromatic heterocycles. The zero-order valence-corrected chi connectivity index (χ0v) is 22.8. The smallest absolute Gasteiger partial charge is 0.242 e. The fraction of sp³-hybridized carbons (Fsp3) is 0.556. The number of hydrogen-bond donors (Lipinski definition) is 1. The maximum absolute atomic E-state index is 13.2. The molecule has 0 bridgehead atoms. The van der Waals surface area contributed by atoms with Crippen molar-refractivity contribution in [3.8, 4) is 17.4 Å². The zero-order valence-electron chi connectivity index (χ0n) is 21.9. The van der Waals surface area contributed by atoms with Gasteiger partial charge in [-0.3, -0.25) is 10.2 Å². The lowest BCUT2D eigenvalue weighted by Gasteiger charge is -2.22. The van der Waals surface area contributed by atoms with Crippen LogP contribution in [-0.2, 0) is 6.54 Å². The Morgan fingerprint density at radius 1 is 1.03 bits per heavy atom. The summed E-state index contributed by atoms with van der Waals surface area (Å²) in [5.74, 6) is 2.03. The van der Waals surface area contributed by atoms with Crippen molar-refractivity contribution in [2.45, 2.75) is 78.4 Å². The lowest BCUT2D eigenvalue weighted by atomic mass is 9.90. The van der Waals surface area contributed by atoms with Gasteiger partial charge in [-0.2, -0.15) is 4.52 Å². The van der Waals surface area contributed by atoms with Crippen LogP contribution in [0.2, 0.25) is 0 Å². The van der Waals surface area contributed by atoms with Gasteiger partial charge in [-0.15, -0.1) is 22.6 Å². The number of fused-ring (bicyclic) bond motifs is 1. The minimum atomic E-state index is -0.186. The monoisotopic (exact) mass is 531 g/mol. The van der Waals surface area contributed by atoms with Gasteiger partial charge in [0, 0.05) is 17.7 Å². The van der Waals surface area contributed by atoms with Crippen molar-refractivity contribution in [2.24, 2.45) is 5.92 Å². The van der Waals surface area contributed by atoms with Crippen LogP contribution in [0.15, 0.2) is 30.3 Å². The van der Waals surface area contributed by atoms with Crippen LogP contribution in [-0.4, -0.2) is 44.5 Å². The molecule has 0 aliphatic heterocycles. The summed E-state index contributed by atoms with van der Waals surface area (Å²) in [6.07, 6.45) is 7.98. The van der Waals surface area contributed by atoms with Gasteiger partial charge in [-0.05, 0) is 56.7 Å². The molecule has 1 aliphatic rings. The van der Waals surface area contributed by atoms with Gasteiger partial charge < -0.3 is 14.2 Å². The van der Waals surface area contributed by atoms with E-state index in [4.69, 9.17) is 19.6 Å². The van der Waals surface area contributed by atoms with Crippen molar-refractivity contribution in [2.75, 3.05) is 13.2 Å². The van der Waals surface area contributed by atoms with E-state index in [1.807, 2.05) is 13.0 Å². The summed E-state index contributed by atoms with van der Waals surface area (Å²) < 4.78 is 20.4. The molecule has 0 saturated heterocycles. The van der Waals surface area contributed by atoms with Crippen molar-refractivity contribution >= 4 is 23.8 Å². The quantitative estimate of drug-likeness (QED) is 0.320. The Balaban J connectivity index is 0.00000380. The Bertz CT molecular complexity index is 1230. The Morgan fingerprint density at radius 2 is 1.73 bits per heavy atom. The Hall–Kier alpha value is -3.07. The van der Waals surface area contributed by atoms with Gasteiger partial charge in [-0.25, -0.2) is 4.68 Å². The molecular formula is C27H38ClN5O4. The summed E-state index contributed by atoms with van der Waals surface area (Å²) in [7, 11) is 0. The number of ether oxygens (including phenoxy) is 3. The molecular weight excluding hydrogens is 494 g/mol. The van der Waals surface area contributed by atoms with E-state index in [2.05, 4.69) is 24.0 Å². The third-order valence-electron chi connectivity index (χ3n) is 6.67. The van der Waals surface area contributed by atoms with Crippen molar-refractivity contribution < 1.29 is 19.0 Å². The van der Waals surface area contributed by atoms with Crippen LogP contribution in [0.1, 0.15) is 76.1 Å². The predicted octanol–water partition coefficient (Wildman–Crippen LogP) is 5.24. The molecule has 3 aromatic rings. The molecule has 9 nitrogen and oxygen atoms in total. The second kappa shape index (κ2) is 13.5. The number of halogens is 1. The molecule has 0 atom stereocenters. The Kier molecular flexibility index (Phi) is 10.4. The first-order valence-electron chi connectivity index (χ1n) is 13.1. The molecule has 0 spiro atoms. The highest BCUT2D eigenvalue weighted by molar-refractivity contribution is 5.96. The number of ketones is 1. The van der Waals surface area contributed by atoms with E-state index < -0.39 is 0 Å². The van der Waals surface area contributed by atoms with E-state index in [1.165, 1.54) is 41.3 Å². The Labute approximate surface area is 224 Å². The highest BCUT2D eigenvalue weighted by atomic mass is 35.5. The van der Waals surface area contributed by atoms with Gasteiger partial charge in [-0.1, -0.05) is 33.1 Å². The van der Waals surface area contributed by atoms with E-state index in [1.54, 1.807) is 24.3 Å². The molecule has 0 radical (unpaired) electrons. The summed E-state index contributed by atoms with van der Waals surface area (Å²) in [6.45, 7) is 7.07. The molecule has 1 aliphatic carbocycles. The maximum atomic E-state index is 13.2. The number of carbonyl (C=O) groups is 1. The van der Waals surface area contributed by atoms with Gasteiger partial charge in [0.2, 0.25) is 11.5 Å². The minimum Gasteiger partial charge on any atom is -0.494 e. The third-order valence-corrected chi connectivity index (χ3v) is 6.67. The van der Waals surface area contributed by atoms with E-state index in [9.17, 15) is 4.79 Å². The second-order valence-electron chi connectivity index (χ2n) is 9.34. The second-order valence-corrected chi connectivity index (χ2v) is 9.34. The number of carbonyl (C=O) groups excluding carboxylic acids is 1. The maximum Gasteiger partial charge on any atom is 0.242 e. The first kappa shape index (κ1) is 28.5. The van der Waals surface area contributed by atoms with Crippen LogP contribution < -0.4 is 19.8 Å². The van der Waals surface area contributed by atoms with Crippen LogP contribution in [0, 0.1) is 11.3 Å². The van der Waals surface area contributed by atoms with Crippen molar-refractivity contribution in [3.63, 3.8) is 0 Å². The van der Waals surface area contributed by atoms with Gasteiger partial charge in [0.15, 0.2) is 11.4 Å². The standard InChI is InChI=1S/C27H37N5O4.ClH/c1-4-21(5-2)36-26-13-12-25-29-31(27(28)32(25)30-26)17-24(33)20-14-22(34-6-3)16-23(15-20)35-18-19-10-8-7-9-11-19;/h12-16,19,21,28H,4-11,17-18H2,1-3H3;1H. The summed E-state index contributed by atoms with van der Waals surface area (Å²) in [4.78, 5) is 13.2. The number of rotatable bonds is 12. The van der Waals surface area contributed by atoms with Gasteiger partial charge in [0.05, 0.1) is 19.3 Å². The fourth-order valence-corrected chi connectivity index (χ4v) is 4.57. The molecule has 2 heterocycles. The summed E-state index contributed by atoms with van der Waals surface area (Å²) in [5, 5.41) is 17.3. The van der Waals surface area contributed by atoms with Gasteiger partial charge in [0.25, 0.3) is 0 Å². The average Bonchev–Trinajstić information content (AvgIpc) is 3.21. The summed E-state index contributed by atoms with van der Waals surface area (Å²) in [5.41, 5.74) is 0.946. The fourth-order valence-electron chi connectivity index (χ4n) is 4.57. The molecule has 0 unspecified atom stereocenters. The van der Waals surface area contributed by atoms with E-state index >= 15 is 0 Å². The van der Waals surface area contributed by atoms with Gasteiger partial charge >= 0.3 is 0 Å². The third kappa shape index (κ3) is 7.25. The lowest BCUT2D eigenvalue weighted by molar-refractivity contribution is 0.0964. The molecule has 1 N–H and O–H groups in total. The minimum absolute atomic E-state index is 0. The normalized spacial score (nSPS) is 13.9. The molecule has 4 rings (SSSR count). The first-order valence-corrected chi connectivity index (χ1v) is 13.1. The highest BCUT2D eigenvalue weighted by Crippen LogP contribution is 2.27. The number of aromatic nitrogens is 4. The van der Waals surface area contributed by atoms with Gasteiger partial charge in [0.1, 0.15) is 18.0 Å². The van der Waals surface area contributed by atoms with Crippen LogP contribution in [0.4, 0.5) is 0 Å². The number of nitrogens with one attached hydrogen (secondary N) is 1. The number of hydrogen-bond acceptors (Lipinski definition) is 7. The number of benzene rings is 1. The van der Waals surface area contributed by atoms with E-state index in [0.717, 1.165) is 12.8 Å². The summed E-state index contributed by atoms with van der Waals surface area (Å²) >= 11 is 0. The average molecular weight is 532 g/mol. The highest BCUT2D eigenvalue weighted by Gasteiger charge is 2.17. The molecule has 0 amide bonds. The van der Waals surface area contributed by atoms with Crippen molar-refractivity contribution in [3.05, 3.63) is 41.5 Å². The lowest BCUT2D eigenvalue weighted by Crippen LogP contribution is -2.26. The van der Waals surface area contributed by atoms with Crippen LogP contribution in [0.5, 0.6) is 17.4 Å². The van der Waals surface area contributed by atoms with E-state index in [-0.39, 0.29) is 36.5 Å². The SMILES string of the molecule is CCOc1cc(OCC2CCCCC2)cc(C(=O)Cn2nc3ccc(OC(CC)CC)nn3c2=N)c1.Cl. The molecule has 1 aromatic carbocycles. The van der Waals surface area contributed by atoms with Crippen molar-refractivity contribution in [1.29, 1.82) is 5.41 Å². The largest absolute Gasteiger partial charge is 0.494 e. The van der Waals surface area contributed by atoms with Crippen molar-refractivity contribution in [1.82, 2.24) is 19.4 Å². The Morgan fingerprint density at radius 3 is 2.41 bits per heavy atom. The molecule has 1 saturated carbocycles. The number of Topliss-reactive ketones (excluding diaryl/α,β-unsaturated/α-hetero) is 1. The van der Waals surface area contributed by atoms with Crippen LogP contribution >= 0.6 is 12.4 Å².